The van der Waals surface area contributed by atoms with Gasteiger partial charge < -0.3 is 19.5 Å². The first-order chi connectivity index (χ1) is 14.7. The molecule has 0 bridgehead atoms. The maximum atomic E-state index is 12.8. The molecule has 3 aromatic rings. The molecule has 2 amide bonds. The number of aromatic nitrogens is 2. The molecule has 1 N–H and O–H groups in total. The fourth-order valence-corrected chi connectivity index (χ4v) is 4.31. The minimum absolute atomic E-state index is 0.160. The molecule has 1 aromatic carbocycles. The Hall–Kier alpha value is -3.16. The zero-order valence-corrected chi connectivity index (χ0v) is 16.9. The molecule has 0 atom stereocenters. The number of carbonyl (C=O) groups is 2. The Kier molecular flexibility index (Phi) is 4.98. The molecule has 2 aliphatic rings. The van der Waals surface area contributed by atoms with Crippen LogP contribution < -0.4 is 10.2 Å². The molecule has 2 fully saturated rings. The van der Waals surface area contributed by atoms with E-state index in [2.05, 4.69) is 20.2 Å². The zero-order valence-electron chi connectivity index (χ0n) is 16.9. The van der Waals surface area contributed by atoms with E-state index in [1.165, 1.54) is 0 Å². The van der Waals surface area contributed by atoms with Crippen molar-refractivity contribution in [3.05, 3.63) is 30.1 Å². The van der Waals surface area contributed by atoms with Crippen LogP contribution in [0.3, 0.4) is 0 Å². The lowest BCUT2D eigenvalue weighted by Gasteiger charge is -2.17. The highest BCUT2D eigenvalue weighted by Crippen LogP contribution is 2.34. The summed E-state index contributed by atoms with van der Waals surface area (Å²) in [4.78, 5) is 37.7. The summed E-state index contributed by atoms with van der Waals surface area (Å²) in [6, 6.07) is 7.72. The molecule has 8 nitrogen and oxygen atoms in total. The highest BCUT2D eigenvalue weighted by molar-refractivity contribution is 6.07. The van der Waals surface area contributed by atoms with Crippen molar-refractivity contribution >= 4 is 39.7 Å². The fourth-order valence-electron chi connectivity index (χ4n) is 4.31. The topological polar surface area (TPSA) is 91.6 Å². The summed E-state index contributed by atoms with van der Waals surface area (Å²) >= 11 is 0. The molecule has 2 saturated heterocycles. The predicted octanol–water partition coefficient (Wildman–Crippen LogP) is 2.72. The van der Waals surface area contributed by atoms with Gasteiger partial charge in [-0.25, -0.2) is 9.97 Å². The van der Waals surface area contributed by atoms with Crippen LogP contribution in [0.5, 0.6) is 0 Å². The number of carbonyl (C=O) groups excluding carboxylic acids is 2. The average molecular weight is 407 g/mol. The van der Waals surface area contributed by atoms with Gasteiger partial charge in [0, 0.05) is 44.5 Å². The van der Waals surface area contributed by atoms with Gasteiger partial charge in [-0.2, -0.15) is 0 Å². The molecule has 8 heteroatoms. The molecule has 2 aliphatic heterocycles. The van der Waals surface area contributed by atoms with Crippen molar-refractivity contribution < 1.29 is 14.0 Å². The van der Waals surface area contributed by atoms with Gasteiger partial charge in [0.1, 0.15) is 11.1 Å². The lowest BCUT2D eigenvalue weighted by Crippen LogP contribution is -2.31. The van der Waals surface area contributed by atoms with Gasteiger partial charge in [0.2, 0.25) is 11.7 Å². The van der Waals surface area contributed by atoms with Gasteiger partial charge in [0.25, 0.3) is 5.91 Å². The lowest BCUT2D eigenvalue weighted by molar-refractivity contribution is -0.127. The predicted molar refractivity (Wildman–Crippen MR) is 114 cm³/mol. The largest absolute Gasteiger partial charge is 0.450 e. The van der Waals surface area contributed by atoms with E-state index in [4.69, 9.17) is 4.42 Å². The van der Waals surface area contributed by atoms with Crippen LogP contribution in [-0.4, -0.2) is 59.4 Å². The summed E-state index contributed by atoms with van der Waals surface area (Å²) in [5.74, 6) is 0.766. The number of likely N-dealkylation sites (tertiary alicyclic amines) is 1. The zero-order chi connectivity index (χ0) is 20.5. The third kappa shape index (κ3) is 3.46. The molecular weight excluding hydrogens is 382 g/mol. The fraction of sp³-hybridized carbons (Fsp3) is 0.455. The van der Waals surface area contributed by atoms with E-state index in [-0.39, 0.29) is 17.6 Å². The smallest absolute Gasteiger partial charge is 0.289 e. The number of fused-ring (bicyclic) bond motifs is 3. The van der Waals surface area contributed by atoms with Crippen molar-refractivity contribution in [2.24, 2.45) is 0 Å². The van der Waals surface area contributed by atoms with Crippen LogP contribution in [0.2, 0.25) is 0 Å². The Morgan fingerprint density at radius 1 is 1.10 bits per heavy atom. The van der Waals surface area contributed by atoms with E-state index in [0.29, 0.717) is 42.8 Å². The second-order valence-electron chi connectivity index (χ2n) is 7.93. The minimum atomic E-state index is -0.296. The Labute approximate surface area is 174 Å². The third-order valence-electron chi connectivity index (χ3n) is 5.87. The standard InChI is InChI=1S/C22H25N5O3/c28-17-9-5-13-26(17)14-6-10-23-22(29)20-24-18-15-7-1-2-8-16(15)30-19(18)21(25-20)27-11-3-4-12-27/h1-2,7-8H,3-6,9-14H2,(H,23,29). The average Bonchev–Trinajstić information content (AvgIpc) is 3.50. The van der Waals surface area contributed by atoms with Gasteiger partial charge in [0.05, 0.1) is 0 Å². The van der Waals surface area contributed by atoms with E-state index in [1.807, 2.05) is 29.2 Å². The molecule has 0 aliphatic carbocycles. The minimum Gasteiger partial charge on any atom is -0.450 e. The first kappa shape index (κ1) is 18.8. The number of nitrogens with one attached hydrogen (secondary N) is 1. The van der Waals surface area contributed by atoms with E-state index < -0.39 is 0 Å². The summed E-state index contributed by atoms with van der Waals surface area (Å²) in [5.41, 5.74) is 2.06. The Bertz CT molecular complexity index is 1100. The monoisotopic (exact) mass is 407 g/mol. The highest BCUT2D eigenvalue weighted by atomic mass is 16.3. The number of para-hydroxylation sites is 1. The molecule has 5 rings (SSSR count). The van der Waals surface area contributed by atoms with Gasteiger partial charge in [-0.1, -0.05) is 12.1 Å². The second kappa shape index (κ2) is 7.93. The van der Waals surface area contributed by atoms with Crippen LogP contribution in [0.15, 0.2) is 28.7 Å². The molecule has 4 heterocycles. The van der Waals surface area contributed by atoms with Crippen molar-refractivity contribution in [1.29, 1.82) is 0 Å². The van der Waals surface area contributed by atoms with E-state index in [1.54, 1.807) is 0 Å². The lowest BCUT2D eigenvalue weighted by atomic mass is 10.2. The summed E-state index contributed by atoms with van der Waals surface area (Å²) in [5, 5.41) is 3.80. The summed E-state index contributed by atoms with van der Waals surface area (Å²) < 4.78 is 6.06. The van der Waals surface area contributed by atoms with Crippen molar-refractivity contribution in [2.45, 2.75) is 32.1 Å². The Morgan fingerprint density at radius 3 is 2.73 bits per heavy atom. The number of anilines is 1. The van der Waals surface area contributed by atoms with Crippen LogP contribution in [0.4, 0.5) is 5.82 Å². The van der Waals surface area contributed by atoms with Gasteiger partial charge in [-0.05, 0) is 37.8 Å². The summed E-state index contributed by atoms with van der Waals surface area (Å²) in [7, 11) is 0. The van der Waals surface area contributed by atoms with E-state index >= 15 is 0 Å². The number of furan rings is 1. The van der Waals surface area contributed by atoms with Crippen LogP contribution in [0.25, 0.3) is 22.1 Å². The number of nitrogens with zero attached hydrogens (tertiary/aromatic N) is 4. The molecular formula is C22H25N5O3. The van der Waals surface area contributed by atoms with Crippen LogP contribution >= 0.6 is 0 Å². The SMILES string of the molecule is O=C(NCCCN1CCCC1=O)c1nc(N2CCCC2)c2oc3ccccc3c2n1. The maximum absolute atomic E-state index is 12.8. The Balaban J connectivity index is 1.38. The number of amides is 2. The number of hydrogen-bond acceptors (Lipinski definition) is 6. The molecule has 156 valence electrons. The molecule has 0 unspecified atom stereocenters. The first-order valence-electron chi connectivity index (χ1n) is 10.7. The third-order valence-corrected chi connectivity index (χ3v) is 5.87. The van der Waals surface area contributed by atoms with Crippen LogP contribution in [0.1, 0.15) is 42.7 Å². The van der Waals surface area contributed by atoms with E-state index in [0.717, 1.165) is 49.9 Å². The normalized spacial score (nSPS) is 16.9. The van der Waals surface area contributed by atoms with E-state index in [9.17, 15) is 9.59 Å². The number of rotatable bonds is 6. The molecule has 0 spiro atoms. The van der Waals surface area contributed by atoms with Gasteiger partial charge in [0.15, 0.2) is 11.4 Å². The van der Waals surface area contributed by atoms with Crippen molar-refractivity contribution in [3.63, 3.8) is 0 Å². The van der Waals surface area contributed by atoms with Gasteiger partial charge in [-0.3, -0.25) is 9.59 Å². The van der Waals surface area contributed by atoms with Gasteiger partial charge in [-0.15, -0.1) is 0 Å². The molecule has 2 aromatic heterocycles. The number of hydrogen-bond donors (Lipinski definition) is 1. The summed E-state index contributed by atoms with van der Waals surface area (Å²) in [6.07, 6.45) is 4.48. The molecule has 30 heavy (non-hydrogen) atoms. The van der Waals surface area contributed by atoms with Crippen LogP contribution in [0, 0.1) is 0 Å². The van der Waals surface area contributed by atoms with Crippen LogP contribution in [-0.2, 0) is 4.79 Å². The Morgan fingerprint density at radius 2 is 1.93 bits per heavy atom. The van der Waals surface area contributed by atoms with Crippen molar-refractivity contribution in [3.8, 4) is 0 Å². The van der Waals surface area contributed by atoms with Crippen molar-refractivity contribution in [1.82, 2.24) is 20.2 Å². The summed E-state index contributed by atoms with van der Waals surface area (Å²) in [6.45, 7) is 3.76. The quantitative estimate of drug-likeness (QED) is 0.632. The van der Waals surface area contributed by atoms with Gasteiger partial charge >= 0.3 is 0 Å². The maximum Gasteiger partial charge on any atom is 0.289 e. The second-order valence-corrected chi connectivity index (χ2v) is 7.93. The molecule has 0 saturated carbocycles. The highest BCUT2D eigenvalue weighted by Gasteiger charge is 2.24. The molecule has 0 radical (unpaired) electrons. The first-order valence-corrected chi connectivity index (χ1v) is 10.7. The number of benzene rings is 1. The van der Waals surface area contributed by atoms with Crippen molar-refractivity contribution in [2.75, 3.05) is 37.6 Å².